The average Bonchev–Trinajstić information content (AvgIpc) is 3.15. The summed E-state index contributed by atoms with van der Waals surface area (Å²) in [5, 5.41) is 13.0. The Morgan fingerprint density at radius 2 is 2.16 bits per heavy atom. The molecule has 1 unspecified atom stereocenters. The van der Waals surface area contributed by atoms with Crippen LogP contribution >= 0.6 is 0 Å². The Morgan fingerprint density at radius 1 is 1.39 bits per heavy atom. The van der Waals surface area contributed by atoms with Crippen LogP contribution in [0.25, 0.3) is 10.4 Å². The van der Waals surface area contributed by atoms with Crippen molar-refractivity contribution >= 4 is 23.3 Å². The van der Waals surface area contributed by atoms with Gasteiger partial charge in [-0.2, -0.15) is 5.11 Å². The van der Waals surface area contributed by atoms with Crippen LogP contribution < -0.4 is 9.91 Å². The molecule has 1 saturated heterocycles. The Labute approximate surface area is 179 Å². The predicted octanol–water partition coefficient (Wildman–Crippen LogP) is 2.68. The summed E-state index contributed by atoms with van der Waals surface area (Å²) < 4.78 is 20.1. The van der Waals surface area contributed by atoms with E-state index in [2.05, 4.69) is 20.4 Å². The lowest BCUT2D eigenvalue weighted by atomic mass is 10.2. The molecule has 1 fully saturated rings. The number of anilines is 2. The summed E-state index contributed by atoms with van der Waals surface area (Å²) in [5.41, 5.74) is 8.59. The topological polar surface area (TPSA) is 127 Å². The lowest BCUT2D eigenvalue weighted by molar-refractivity contribution is -0.159. The highest BCUT2D eigenvalue weighted by atomic mass is 19.1. The Balaban J connectivity index is 1.59. The number of esters is 1. The molecule has 1 amide bonds. The molecule has 0 aliphatic carbocycles. The van der Waals surface area contributed by atoms with E-state index in [1.54, 1.807) is 37.8 Å². The third-order valence-corrected chi connectivity index (χ3v) is 4.69. The van der Waals surface area contributed by atoms with Crippen molar-refractivity contribution in [2.45, 2.75) is 32.4 Å². The molecule has 0 bridgehead atoms. The fourth-order valence-electron chi connectivity index (χ4n) is 3.31. The van der Waals surface area contributed by atoms with E-state index in [9.17, 15) is 14.0 Å². The number of amides is 1. The standard InChI is InChI=1S/C19H25FN8O3/c1-19(2,3)31-18(30)12-27-7-6-26(11-17(27)29)16-5-4-14(8-15(16)20)28-10-13(23-25-28)9-22-24-21/h4-5,8,13H,6-7,9-12H2,1-3H3. The SMILES string of the molecule is CC(C)(C)OC(=O)CN1CCN(c2ccc(N3CC(CN=[N+]=[N-])N=N3)cc2F)CC1=O. The van der Waals surface area contributed by atoms with Gasteiger partial charge in [0.15, 0.2) is 0 Å². The largest absolute Gasteiger partial charge is 0.459 e. The highest BCUT2D eigenvalue weighted by molar-refractivity contribution is 5.86. The van der Waals surface area contributed by atoms with Gasteiger partial charge in [0.05, 0.1) is 37.1 Å². The highest BCUT2D eigenvalue weighted by Crippen LogP contribution is 2.28. The number of piperazine rings is 1. The molecule has 0 saturated carbocycles. The van der Waals surface area contributed by atoms with Crippen LogP contribution in [-0.2, 0) is 14.3 Å². The van der Waals surface area contributed by atoms with Gasteiger partial charge in [-0.15, -0.1) is 0 Å². The monoisotopic (exact) mass is 432 g/mol. The first kappa shape index (κ1) is 22.3. The van der Waals surface area contributed by atoms with Gasteiger partial charge in [0, 0.05) is 24.1 Å². The molecule has 1 aromatic carbocycles. The van der Waals surface area contributed by atoms with E-state index in [1.807, 2.05) is 0 Å². The van der Waals surface area contributed by atoms with Gasteiger partial charge < -0.3 is 14.5 Å². The zero-order valence-corrected chi connectivity index (χ0v) is 17.7. The smallest absolute Gasteiger partial charge is 0.326 e. The van der Waals surface area contributed by atoms with Crippen molar-refractivity contribution in [2.75, 3.05) is 49.2 Å². The molecule has 1 aromatic rings. The first-order valence-corrected chi connectivity index (χ1v) is 9.89. The fraction of sp³-hybridized carbons (Fsp3) is 0.579. The summed E-state index contributed by atoms with van der Waals surface area (Å²) in [6, 6.07) is 4.36. The summed E-state index contributed by atoms with van der Waals surface area (Å²) in [4.78, 5) is 30.2. The van der Waals surface area contributed by atoms with E-state index < -0.39 is 17.4 Å². The molecule has 31 heavy (non-hydrogen) atoms. The van der Waals surface area contributed by atoms with E-state index in [4.69, 9.17) is 10.3 Å². The van der Waals surface area contributed by atoms with Crippen molar-refractivity contribution in [3.8, 4) is 0 Å². The van der Waals surface area contributed by atoms with Gasteiger partial charge in [0.2, 0.25) is 5.91 Å². The van der Waals surface area contributed by atoms with Crippen molar-refractivity contribution < 1.29 is 18.7 Å². The van der Waals surface area contributed by atoms with Crippen LogP contribution in [0.3, 0.4) is 0 Å². The number of carbonyl (C=O) groups excluding carboxylic acids is 2. The predicted molar refractivity (Wildman–Crippen MR) is 111 cm³/mol. The van der Waals surface area contributed by atoms with Gasteiger partial charge in [0.25, 0.3) is 0 Å². The maximum Gasteiger partial charge on any atom is 0.326 e. The second kappa shape index (κ2) is 9.17. The number of halogens is 1. The molecule has 2 aliphatic heterocycles. The summed E-state index contributed by atoms with van der Waals surface area (Å²) in [6.07, 6.45) is 0. The number of hydrogen-bond donors (Lipinski definition) is 0. The minimum Gasteiger partial charge on any atom is -0.459 e. The number of hydrogen-bond acceptors (Lipinski definition) is 8. The number of nitrogens with zero attached hydrogens (tertiary/aromatic N) is 8. The Kier molecular flexibility index (Phi) is 6.59. The van der Waals surface area contributed by atoms with Crippen LogP contribution in [0.15, 0.2) is 33.7 Å². The van der Waals surface area contributed by atoms with Crippen LogP contribution in [0.1, 0.15) is 20.8 Å². The van der Waals surface area contributed by atoms with Crippen molar-refractivity contribution in [2.24, 2.45) is 15.5 Å². The highest BCUT2D eigenvalue weighted by Gasteiger charge is 2.29. The summed E-state index contributed by atoms with van der Waals surface area (Å²) in [7, 11) is 0. The summed E-state index contributed by atoms with van der Waals surface area (Å²) >= 11 is 0. The maximum atomic E-state index is 14.8. The van der Waals surface area contributed by atoms with E-state index >= 15 is 0 Å². The van der Waals surface area contributed by atoms with E-state index in [-0.39, 0.29) is 31.6 Å². The molecule has 0 radical (unpaired) electrons. The minimum absolute atomic E-state index is 0.0310. The quantitative estimate of drug-likeness (QED) is 0.296. The number of benzene rings is 1. The van der Waals surface area contributed by atoms with Crippen molar-refractivity contribution in [1.82, 2.24) is 4.90 Å². The van der Waals surface area contributed by atoms with Crippen LogP contribution in [0.5, 0.6) is 0 Å². The second-order valence-corrected chi connectivity index (χ2v) is 8.31. The zero-order valence-electron chi connectivity index (χ0n) is 17.7. The lowest BCUT2D eigenvalue weighted by Gasteiger charge is -2.35. The molecule has 3 rings (SSSR count). The Hall–Kier alpha value is -3.40. The van der Waals surface area contributed by atoms with Gasteiger partial charge in [0.1, 0.15) is 18.0 Å². The van der Waals surface area contributed by atoms with E-state index in [0.29, 0.717) is 31.0 Å². The maximum absolute atomic E-state index is 14.8. The van der Waals surface area contributed by atoms with Crippen LogP contribution in [0.2, 0.25) is 0 Å². The van der Waals surface area contributed by atoms with Gasteiger partial charge in [-0.1, -0.05) is 10.3 Å². The molecule has 12 heteroatoms. The molecular formula is C19H25FN8O3. The molecule has 11 nitrogen and oxygen atoms in total. The van der Waals surface area contributed by atoms with Gasteiger partial charge in [-0.05, 0) is 38.4 Å². The third-order valence-electron chi connectivity index (χ3n) is 4.69. The lowest BCUT2D eigenvalue weighted by Crippen LogP contribution is -2.52. The first-order valence-electron chi connectivity index (χ1n) is 9.89. The van der Waals surface area contributed by atoms with Crippen LogP contribution in [0, 0.1) is 5.82 Å². The van der Waals surface area contributed by atoms with Crippen molar-refractivity contribution in [1.29, 1.82) is 0 Å². The van der Waals surface area contributed by atoms with Crippen molar-refractivity contribution in [3.63, 3.8) is 0 Å². The molecule has 0 aromatic heterocycles. The van der Waals surface area contributed by atoms with Crippen LogP contribution in [0.4, 0.5) is 15.8 Å². The molecule has 166 valence electrons. The van der Waals surface area contributed by atoms with E-state index in [0.717, 1.165) is 0 Å². The van der Waals surface area contributed by atoms with E-state index in [1.165, 1.54) is 16.0 Å². The van der Waals surface area contributed by atoms with Gasteiger partial charge >= 0.3 is 5.97 Å². The normalized spacial score (nSPS) is 18.9. The molecule has 2 heterocycles. The number of rotatable bonds is 6. The molecule has 2 aliphatic rings. The Morgan fingerprint density at radius 3 is 2.81 bits per heavy atom. The number of carbonyl (C=O) groups is 2. The first-order chi connectivity index (χ1) is 14.7. The Bertz CT molecular complexity index is 925. The third kappa shape index (κ3) is 5.82. The van der Waals surface area contributed by atoms with Crippen molar-refractivity contribution in [3.05, 3.63) is 34.5 Å². The molecular weight excluding hydrogens is 407 g/mol. The average molecular weight is 432 g/mol. The molecule has 0 N–H and O–H groups in total. The zero-order chi connectivity index (χ0) is 22.6. The fourth-order valence-corrected chi connectivity index (χ4v) is 3.31. The summed E-state index contributed by atoms with van der Waals surface area (Å²) in [5.74, 6) is -1.22. The number of ether oxygens (including phenoxy) is 1. The second-order valence-electron chi connectivity index (χ2n) is 8.31. The number of azide groups is 1. The summed E-state index contributed by atoms with van der Waals surface area (Å²) in [6.45, 7) is 6.40. The molecule has 1 atom stereocenters. The van der Waals surface area contributed by atoms with Crippen LogP contribution in [-0.4, -0.2) is 67.7 Å². The molecule has 0 spiro atoms. The van der Waals surface area contributed by atoms with Gasteiger partial charge in [-0.25, -0.2) is 9.40 Å². The van der Waals surface area contributed by atoms with Gasteiger partial charge in [-0.3, -0.25) is 9.59 Å². The minimum atomic E-state index is -0.620.